The zero-order chi connectivity index (χ0) is 20.5. The van der Waals surface area contributed by atoms with E-state index in [-0.39, 0.29) is 11.3 Å². The molecule has 0 rings (SSSR count). The average molecular weight is 381 g/mol. The summed E-state index contributed by atoms with van der Waals surface area (Å²) in [5, 5.41) is 0. The molecular formula is C25H48O2. The minimum Gasteiger partial charge on any atom is -0.300 e. The van der Waals surface area contributed by atoms with Crippen LogP contribution >= 0.6 is 0 Å². The quantitative estimate of drug-likeness (QED) is 0.212. The molecule has 0 aliphatic carbocycles. The van der Waals surface area contributed by atoms with E-state index < -0.39 is 0 Å². The molecule has 0 radical (unpaired) electrons. The van der Waals surface area contributed by atoms with Gasteiger partial charge in [-0.3, -0.25) is 9.59 Å². The van der Waals surface area contributed by atoms with Gasteiger partial charge in [0.1, 0.15) is 11.6 Å². The van der Waals surface area contributed by atoms with Gasteiger partial charge in [-0.25, -0.2) is 0 Å². The Labute approximate surface area is 170 Å². The van der Waals surface area contributed by atoms with E-state index in [9.17, 15) is 9.59 Å². The molecular weight excluding hydrogens is 332 g/mol. The molecule has 27 heavy (non-hydrogen) atoms. The molecule has 0 aromatic carbocycles. The number of Topliss-reactive ketones (excluding diaryl/α,β-unsaturated/α-hetero) is 2. The number of carbonyl (C=O) groups excluding carboxylic acids is 2. The number of ketones is 2. The van der Waals surface area contributed by atoms with Gasteiger partial charge in [-0.2, -0.15) is 0 Å². The monoisotopic (exact) mass is 380 g/mol. The first kappa shape index (κ1) is 26.3. The number of carbonyl (C=O) groups is 2. The summed E-state index contributed by atoms with van der Waals surface area (Å²) in [4.78, 5) is 24.6. The third kappa shape index (κ3) is 15.0. The minimum atomic E-state index is -0.0733. The number of unbranched alkanes of at least 4 members (excludes halogenated alkanes) is 10. The predicted molar refractivity (Wildman–Crippen MR) is 118 cm³/mol. The lowest BCUT2D eigenvalue weighted by molar-refractivity contribution is -0.124. The Morgan fingerprint density at radius 2 is 1.07 bits per heavy atom. The van der Waals surface area contributed by atoms with Crippen LogP contribution < -0.4 is 0 Å². The van der Waals surface area contributed by atoms with Crippen molar-refractivity contribution in [1.82, 2.24) is 0 Å². The Morgan fingerprint density at radius 3 is 1.56 bits per heavy atom. The summed E-state index contributed by atoms with van der Waals surface area (Å²) in [6.07, 6.45) is 17.4. The van der Waals surface area contributed by atoms with Crippen molar-refractivity contribution in [2.45, 2.75) is 137 Å². The molecule has 0 aliphatic rings. The Balaban J connectivity index is 3.96. The fourth-order valence-electron chi connectivity index (χ4n) is 3.70. The van der Waals surface area contributed by atoms with Gasteiger partial charge in [0.05, 0.1) is 0 Å². The first-order valence-electron chi connectivity index (χ1n) is 11.9. The molecule has 0 saturated carbocycles. The molecule has 0 bridgehead atoms. The molecule has 1 atom stereocenters. The van der Waals surface area contributed by atoms with Crippen molar-refractivity contribution in [3.8, 4) is 0 Å². The third-order valence-corrected chi connectivity index (χ3v) is 6.14. The van der Waals surface area contributed by atoms with E-state index in [1.165, 1.54) is 64.2 Å². The van der Waals surface area contributed by atoms with Crippen LogP contribution in [0.4, 0.5) is 0 Å². The van der Waals surface area contributed by atoms with Gasteiger partial charge in [0, 0.05) is 25.7 Å². The highest BCUT2D eigenvalue weighted by Gasteiger charge is 2.29. The Bertz CT molecular complexity index is 384. The number of hydrogen-bond donors (Lipinski definition) is 0. The van der Waals surface area contributed by atoms with Crippen molar-refractivity contribution >= 4 is 11.6 Å². The zero-order valence-electron chi connectivity index (χ0n) is 19.2. The van der Waals surface area contributed by atoms with Crippen molar-refractivity contribution in [2.24, 2.45) is 11.3 Å². The molecule has 160 valence electrons. The molecule has 2 nitrogen and oxygen atoms in total. The molecule has 0 amide bonds. The second kappa shape index (κ2) is 16.3. The summed E-state index contributed by atoms with van der Waals surface area (Å²) < 4.78 is 0. The molecule has 0 saturated heterocycles. The summed E-state index contributed by atoms with van der Waals surface area (Å²) >= 11 is 0. The molecule has 1 unspecified atom stereocenters. The Hall–Kier alpha value is -0.660. The number of rotatable bonds is 19. The first-order valence-corrected chi connectivity index (χ1v) is 11.9. The van der Waals surface area contributed by atoms with Crippen molar-refractivity contribution in [3.63, 3.8) is 0 Å². The van der Waals surface area contributed by atoms with Gasteiger partial charge in [-0.15, -0.1) is 0 Å². The smallest absolute Gasteiger partial charge is 0.133 e. The second-order valence-electron chi connectivity index (χ2n) is 9.38. The van der Waals surface area contributed by atoms with E-state index in [4.69, 9.17) is 0 Å². The van der Waals surface area contributed by atoms with E-state index in [0.717, 1.165) is 19.3 Å². The standard InChI is InChI=1S/C25H48O2/c1-6-8-10-12-14-16-18-23(26)20-22(3)25(4,5)21-24(27)19-17-15-13-11-9-7-2/h22H,6-21H2,1-5H3. The highest BCUT2D eigenvalue weighted by molar-refractivity contribution is 5.80. The van der Waals surface area contributed by atoms with E-state index in [0.29, 0.717) is 30.8 Å². The summed E-state index contributed by atoms with van der Waals surface area (Å²) in [6.45, 7) is 10.9. The lowest BCUT2D eigenvalue weighted by Gasteiger charge is -2.31. The summed E-state index contributed by atoms with van der Waals surface area (Å²) in [6, 6.07) is 0. The molecule has 0 aromatic heterocycles. The van der Waals surface area contributed by atoms with Crippen LogP contribution in [0.15, 0.2) is 0 Å². The van der Waals surface area contributed by atoms with Crippen molar-refractivity contribution in [1.29, 1.82) is 0 Å². The molecule has 0 aliphatic heterocycles. The topological polar surface area (TPSA) is 34.1 Å². The lowest BCUT2D eigenvalue weighted by Crippen LogP contribution is -2.27. The maximum absolute atomic E-state index is 12.4. The maximum atomic E-state index is 12.4. The molecule has 0 N–H and O–H groups in total. The van der Waals surface area contributed by atoms with E-state index >= 15 is 0 Å². The lowest BCUT2D eigenvalue weighted by atomic mass is 9.73. The average Bonchev–Trinajstić information content (AvgIpc) is 2.60. The molecule has 0 aromatic rings. The second-order valence-corrected chi connectivity index (χ2v) is 9.38. The maximum Gasteiger partial charge on any atom is 0.133 e. The van der Waals surface area contributed by atoms with E-state index in [1.807, 2.05) is 0 Å². The molecule has 0 fully saturated rings. The Kier molecular flexibility index (Phi) is 15.9. The van der Waals surface area contributed by atoms with Crippen LogP contribution in [-0.4, -0.2) is 11.6 Å². The zero-order valence-corrected chi connectivity index (χ0v) is 19.2. The van der Waals surface area contributed by atoms with Gasteiger partial charge >= 0.3 is 0 Å². The molecule has 2 heteroatoms. The minimum absolute atomic E-state index is 0.0733. The van der Waals surface area contributed by atoms with Crippen LogP contribution in [0.2, 0.25) is 0 Å². The summed E-state index contributed by atoms with van der Waals surface area (Å²) in [5.74, 6) is 1.04. The largest absolute Gasteiger partial charge is 0.300 e. The fourth-order valence-corrected chi connectivity index (χ4v) is 3.70. The van der Waals surface area contributed by atoms with Crippen LogP contribution in [0.5, 0.6) is 0 Å². The Morgan fingerprint density at radius 1 is 0.667 bits per heavy atom. The van der Waals surface area contributed by atoms with Crippen LogP contribution in [0.3, 0.4) is 0 Å². The van der Waals surface area contributed by atoms with Gasteiger partial charge in [0.25, 0.3) is 0 Å². The first-order chi connectivity index (χ1) is 12.8. The van der Waals surface area contributed by atoms with E-state index in [1.54, 1.807) is 0 Å². The highest BCUT2D eigenvalue weighted by Crippen LogP contribution is 2.34. The van der Waals surface area contributed by atoms with E-state index in [2.05, 4.69) is 34.6 Å². The SMILES string of the molecule is CCCCCCCCC(=O)CC(C)C(C)(C)CC(=O)CCCCCCCC. The molecule has 0 spiro atoms. The highest BCUT2D eigenvalue weighted by atomic mass is 16.1. The van der Waals surface area contributed by atoms with Gasteiger partial charge in [-0.05, 0) is 24.2 Å². The van der Waals surface area contributed by atoms with Crippen molar-refractivity contribution in [2.75, 3.05) is 0 Å². The number of hydrogen-bond acceptors (Lipinski definition) is 2. The predicted octanol–water partition coefficient (Wildman–Crippen LogP) is 8.07. The summed E-state index contributed by atoms with van der Waals surface area (Å²) in [5.41, 5.74) is -0.0733. The van der Waals surface area contributed by atoms with Crippen LogP contribution in [-0.2, 0) is 9.59 Å². The fraction of sp³-hybridized carbons (Fsp3) is 0.920. The van der Waals surface area contributed by atoms with Gasteiger partial charge in [-0.1, -0.05) is 98.8 Å². The van der Waals surface area contributed by atoms with Gasteiger partial charge in [0.15, 0.2) is 0 Å². The van der Waals surface area contributed by atoms with Crippen molar-refractivity contribution in [3.05, 3.63) is 0 Å². The van der Waals surface area contributed by atoms with Crippen LogP contribution in [0.25, 0.3) is 0 Å². The third-order valence-electron chi connectivity index (χ3n) is 6.14. The van der Waals surface area contributed by atoms with Gasteiger partial charge in [0.2, 0.25) is 0 Å². The summed E-state index contributed by atoms with van der Waals surface area (Å²) in [7, 11) is 0. The normalized spacial score (nSPS) is 12.9. The molecule has 0 heterocycles. The van der Waals surface area contributed by atoms with Crippen LogP contribution in [0, 0.1) is 11.3 Å². The van der Waals surface area contributed by atoms with Crippen molar-refractivity contribution < 1.29 is 9.59 Å². The van der Waals surface area contributed by atoms with Gasteiger partial charge < -0.3 is 0 Å². The van der Waals surface area contributed by atoms with Crippen LogP contribution in [0.1, 0.15) is 137 Å².